The third kappa shape index (κ3) is 3.35. The number of pyridine rings is 1. The van der Waals surface area contributed by atoms with E-state index in [1.165, 1.54) is 29.3 Å². The lowest BCUT2D eigenvalue weighted by Gasteiger charge is -2.34. The zero-order valence-corrected chi connectivity index (χ0v) is 15.9. The molecule has 4 heterocycles. The van der Waals surface area contributed by atoms with Crippen molar-refractivity contribution >= 4 is 23.3 Å². The third-order valence-electron chi connectivity index (χ3n) is 5.07. The molecule has 1 aliphatic rings. The number of amides is 2. The van der Waals surface area contributed by atoms with Gasteiger partial charge in [-0.25, -0.2) is 14.2 Å². The summed E-state index contributed by atoms with van der Waals surface area (Å²) in [7, 11) is 0. The number of fused-ring (bicyclic) bond motifs is 1. The average molecular weight is 422 g/mol. The van der Waals surface area contributed by atoms with Crippen molar-refractivity contribution in [3.63, 3.8) is 0 Å². The van der Waals surface area contributed by atoms with Gasteiger partial charge >= 0.3 is 6.09 Å². The number of anilines is 1. The van der Waals surface area contributed by atoms with Crippen LogP contribution in [0.2, 0.25) is 0 Å². The summed E-state index contributed by atoms with van der Waals surface area (Å²) in [5, 5.41) is 15.4. The fraction of sp³-hybridized carbons (Fsp3) is 0.150. The van der Waals surface area contributed by atoms with Crippen LogP contribution >= 0.6 is 0 Å². The SMILES string of the molecule is O=C(Nc1cc(-c2noc(C3CN(C(=O)O)C3)n2)ccc1F)c1cnc2ccccn12. The Hall–Kier alpha value is -4.28. The van der Waals surface area contributed by atoms with Gasteiger partial charge in [0.2, 0.25) is 11.7 Å². The highest BCUT2D eigenvalue weighted by Crippen LogP contribution is 2.29. The summed E-state index contributed by atoms with van der Waals surface area (Å²) in [6.45, 7) is 0.558. The fourth-order valence-electron chi connectivity index (χ4n) is 3.36. The Kier molecular flexibility index (Phi) is 4.35. The van der Waals surface area contributed by atoms with E-state index in [4.69, 9.17) is 9.63 Å². The van der Waals surface area contributed by atoms with Gasteiger partial charge in [0.05, 0.1) is 17.8 Å². The van der Waals surface area contributed by atoms with Crippen molar-refractivity contribution in [2.75, 3.05) is 18.4 Å². The highest BCUT2D eigenvalue weighted by Gasteiger charge is 2.35. The molecular formula is C20H15FN6O4. The number of carbonyl (C=O) groups excluding carboxylic acids is 1. The molecule has 1 fully saturated rings. The Morgan fingerprint density at radius 1 is 1.23 bits per heavy atom. The molecule has 156 valence electrons. The van der Waals surface area contributed by atoms with Gasteiger partial charge in [-0.3, -0.25) is 9.20 Å². The van der Waals surface area contributed by atoms with Crippen molar-refractivity contribution < 1.29 is 23.6 Å². The number of carbonyl (C=O) groups is 2. The summed E-state index contributed by atoms with van der Waals surface area (Å²) in [6.07, 6.45) is 2.11. The molecule has 0 aliphatic carbocycles. The number of hydrogen-bond donors (Lipinski definition) is 2. The van der Waals surface area contributed by atoms with Crippen LogP contribution in [0.4, 0.5) is 14.9 Å². The summed E-state index contributed by atoms with van der Waals surface area (Å²) in [5.41, 5.74) is 1.26. The fourth-order valence-corrected chi connectivity index (χ4v) is 3.36. The van der Waals surface area contributed by atoms with Gasteiger partial charge in [-0.1, -0.05) is 11.2 Å². The first-order valence-corrected chi connectivity index (χ1v) is 9.34. The van der Waals surface area contributed by atoms with E-state index < -0.39 is 17.8 Å². The van der Waals surface area contributed by atoms with Gasteiger partial charge in [0.25, 0.3) is 5.91 Å². The van der Waals surface area contributed by atoms with Crippen LogP contribution in [-0.2, 0) is 0 Å². The van der Waals surface area contributed by atoms with Crippen molar-refractivity contribution in [2.45, 2.75) is 5.92 Å². The molecule has 0 unspecified atom stereocenters. The van der Waals surface area contributed by atoms with E-state index >= 15 is 0 Å². The van der Waals surface area contributed by atoms with E-state index in [9.17, 15) is 14.0 Å². The normalized spacial score (nSPS) is 13.9. The molecule has 11 heteroatoms. The number of hydrogen-bond acceptors (Lipinski definition) is 6. The summed E-state index contributed by atoms with van der Waals surface area (Å²) in [4.78, 5) is 33.2. The molecule has 0 spiro atoms. The Morgan fingerprint density at radius 3 is 2.87 bits per heavy atom. The molecule has 1 aromatic carbocycles. The third-order valence-corrected chi connectivity index (χ3v) is 5.07. The van der Waals surface area contributed by atoms with E-state index in [0.29, 0.717) is 17.1 Å². The maximum Gasteiger partial charge on any atom is 0.407 e. The number of halogens is 1. The van der Waals surface area contributed by atoms with Crippen LogP contribution < -0.4 is 5.32 Å². The number of nitrogens with one attached hydrogen (secondary N) is 1. The molecule has 10 nitrogen and oxygen atoms in total. The first-order chi connectivity index (χ1) is 15.0. The van der Waals surface area contributed by atoms with Gasteiger partial charge in [-0.05, 0) is 30.3 Å². The van der Waals surface area contributed by atoms with Crippen molar-refractivity contribution in [1.29, 1.82) is 0 Å². The molecule has 1 saturated heterocycles. The minimum absolute atomic E-state index is 0.0413. The number of likely N-dealkylation sites (tertiary alicyclic amines) is 1. The molecule has 0 saturated carbocycles. The van der Waals surface area contributed by atoms with Gasteiger partial charge < -0.3 is 19.8 Å². The second-order valence-corrected chi connectivity index (χ2v) is 7.06. The number of aromatic nitrogens is 4. The maximum absolute atomic E-state index is 14.4. The maximum atomic E-state index is 14.4. The van der Waals surface area contributed by atoms with Gasteiger partial charge in [-0.2, -0.15) is 4.98 Å². The minimum atomic E-state index is -0.999. The topological polar surface area (TPSA) is 126 Å². The minimum Gasteiger partial charge on any atom is -0.465 e. The molecule has 0 atom stereocenters. The lowest BCUT2D eigenvalue weighted by Crippen LogP contribution is -2.47. The highest BCUT2D eigenvalue weighted by atomic mass is 19.1. The van der Waals surface area contributed by atoms with Gasteiger partial charge in [0, 0.05) is 24.8 Å². The zero-order chi connectivity index (χ0) is 21.5. The van der Waals surface area contributed by atoms with Crippen molar-refractivity contribution in [1.82, 2.24) is 24.4 Å². The molecule has 5 rings (SSSR count). The second-order valence-electron chi connectivity index (χ2n) is 7.06. The van der Waals surface area contributed by atoms with E-state index in [-0.39, 0.29) is 36.2 Å². The van der Waals surface area contributed by atoms with E-state index in [1.807, 2.05) is 0 Å². The quantitative estimate of drug-likeness (QED) is 0.518. The number of rotatable bonds is 4. The number of benzene rings is 1. The number of nitrogens with zero attached hydrogens (tertiary/aromatic N) is 5. The molecule has 31 heavy (non-hydrogen) atoms. The molecule has 2 N–H and O–H groups in total. The monoisotopic (exact) mass is 422 g/mol. The number of carboxylic acid groups (broad SMARTS) is 1. The lowest BCUT2D eigenvalue weighted by molar-refractivity contribution is 0.0958. The van der Waals surface area contributed by atoms with Gasteiger partial charge in [0.1, 0.15) is 17.2 Å². The predicted molar refractivity (Wildman–Crippen MR) is 105 cm³/mol. The van der Waals surface area contributed by atoms with E-state index in [1.54, 1.807) is 28.8 Å². The Morgan fingerprint density at radius 2 is 2.06 bits per heavy atom. The number of imidazole rings is 1. The largest absolute Gasteiger partial charge is 0.465 e. The molecule has 3 aromatic heterocycles. The standard InChI is InChI=1S/C20H15FN6O4/c21-13-5-4-11(17-24-19(31-25-17)12-9-26(10-12)20(29)30)7-14(13)23-18(28)15-8-22-16-3-1-2-6-27(15)16/h1-8,12H,9-10H2,(H,23,28)(H,29,30). The van der Waals surface area contributed by atoms with E-state index in [2.05, 4.69) is 20.4 Å². The molecular weight excluding hydrogens is 407 g/mol. The first kappa shape index (κ1) is 18.7. The Labute approximate surface area is 173 Å². The van der Waals surface area contributed by atoms with Gasteiger partial charge in [0.15, 0.2) is 0 Å². The average Bonchev–Trinajstić information content (AvgIpc) is 3.35. The Balaban J connectivity index is 1.36. The van der Waals surface area contributed by atoms with Crippen molar-refractivity contribution in [3.05, 3.63) is 66.2 Å². The van der Waals surface area contributed by atoms with Crippen molar-refractivity contribution in [3.8, 4) is 11.4 Å². The first-order valence-electron chi connectivity index (χ1n) is 9.34. The highest BCUT2D eigenvalue weighted by molar-refractivity contribution is 6.03. The molecule has 0 bridgehead atoms. The summed E-state index contributed by atoms with van der Waals surface area (Å²) < 4.78 is 21.2. The van der Waals surface area contributed by atoms with Crippen LogP contribution in [0.3, 0.4) is 0 Å². The molecule has 0 radical (unpaired) electrons. The van der Waals surface area contributed by atoms with Crippen LogP contribution in [0, 0.1) is 5.82 Å². The second kappa shape index (κ2) is 7.20. The van der Waals surface area contributed by atoms with Gasteiger partial charge in [-0.15, -0.1) is 0 Å². The summed E-state index contributed by atoms with van der Waals surface area (Å²) >= 11 is 0. The predicted octanol–water partition coefficient (Wildman–Crippen LogP) is 2.85. The molecule has 2 amide bonds. The summed E-state index contributed by atoms with van der Waals surface area (Å²) in [5.74, 6) is -0.785. The molecule has 4 aromatic rings. The van der Waals surface area contributed by atoms with Crippen LogP contribution in [0.1, 0.15) is 22.3 Å². The Bertz CT molecular complexity index is 1310. The van der Waals surface area contributed by atoms with Crippen LogP contribution in [0.5, 0.6) is 0 Å². The van der Waals surface area contributed by atoms with Crippen LogP contribution in [-0.4, -0.2) is 54.6 Å². The lowest BCUT2D eigenvalue weighted by atomic mass is 10.0. The van der Waals surface area contributed by atoms with E-state index in [0.717, 1.165) is 0 Å². The van der Waals surface area contributed by atoms with Crippen LogP contribution in [0.25, 0.3) is 17.0 Å². The van der Waals surface area contributed by atoms with Crippen molar-refractivity contribution in [2.24, 2.45) is 0 Å². The zero-order valence-electron chi connectivity index (χ0n) is 15.9. The molecule has 1 aliphatic heterocycles. The summed E-state index contributed by atoms with van der Waals surface area (Å²) in [6, 6.07) is 9.40. The smallest absolute Gasteiger partial charge is 0.407 e. The van der Waals surface area contributed by atoms with Crippen LogP contribution in [0.15, 0.2) is 53.3 Å².